The number of benzene rings is 2. The van der Waals surface area contributed by atoms with Crippen LogP contribution in [0.15, 0.2) is 24.3 Å². The summed E-state index contributed by atoms with van der Waals surface area (Å²) in [6, 6.07) is 2.09. The fourth-order valence-corrected chi connectivity index (χ4v) is 1.88. The molecular weight excluding hydrogens is 324 g/mol. The van der Waals surface area contributed by atoms with Gasteiger partial charge in [0.2, 0.25) is 0 Å². The van der Waals surface area contributed by atoms with Crippen LogP contribution in [0.25, 0.3) is 0 Å². The molecular formula is C15H9F6NO. The third kappa shape index (κ3) is 3.30. The summed E-state index contributed by atoms with van der Waals surface area (Å²) in [6.45, 7) is 1.36. The smallest absolute Gasteiger partial charge is 0.254 e. The predicted octanol–water partition coefficient (Wildman–Crippen LogP) is 4.01. The van der Waals surface area contributed by atoms with Gasteiger partial charge in [0.15, 0.2) is 34.9 Å². The molecule has 0 aliphatic heterocycles. The van der Waals surface area contributed by atoms with Crippen molar-refractivity contribution in [3.63, 3.8) is 0 Å². The Labute approximate surface area is 126 Å². The lowest BCUT2D eigenvalue weighted by Crippen LogP contribution is -2.28. The van der Waals surface area contributed by atoms with E-state index < -0.39 is 52.4 Å². The molecule has 0 spiro atoms. The van der Waals surface area contributed by atoms with Crippen LogP contribution in [-0.4, -0.2) is 5.91 Å². The first-order valence-corrected chi connectivity index (χ1v) is 6.31. The molecule has 1 atom stereocenters. The molecule has 0 heterocycles. The van der Waals surface area contributed by atoms with Gasteiger partial charge in [0.05, 0.1) is 11.6 Å². The van der Waals surface area contributed by atoms with Gasteiger partial charge in [-0.05, 0) is 30.7 Å². The Morgan fingerprint density at radius 2 is 1.52 bits per heavy atom. The van der Waals surface area contributed by atoms with Gasteiger partial charge in [-0.25, -0.2) is 26.3 Å². The van der Waals surface area contributed by atoms with E-state index in [2.05, 4.69) is 5.32 Å². The van der Waals surface area contributed by atoms with Crippen molar-refractivity contribution in [2.75, 3.05) is 0 Å². The minimum atomic E-state index is -2.12. The van der Waals surface area contributed by atoms with Gasteiger partial charge in [-0.15, -0.1) is 0 Å². The number of hydrogen-bond acceptors (Lipinski definition) is 1. The van der Waals surface area contributed by atoms with E-state index in [4.69, 9.17) is 0 Å². The van der Waals surface area contributed by atoms with Crippen molar-refractivity contribution < 1.29 is 31.1 Å². The van der Waals surface area contributed by atoms with Crippen LogP contribution in [0, 0.1) is 34.9 Å². The van der Waals surface area contributed by atoms with Crippen molar-refractivity contribution in [1.29, 1.82) is 0 Å². The molecule has 0 radical (unpaired) electrons. The standard InChI is InChI=1S/C15H9F6NO/c1-6(7-2-3-9(16)10(17)4-7)22-15(23)8-5-11(18)13(20)14(21)12(8)19/h2-6H,1H3,(H,22,23). The van der Waals surface area contributed by atoms with Gasteiger partial charge in [0, 0.05) is 0 Å². The number of nitrogens with one attached hydrogen (secondary N) is 1. The summed E-state index contributed by atoms with van der Waals surface area (Å²) in [5.41, 5.74) is -0.906. The quantitative estimate of drug-likeness (QED) is 0.513. The van der Waals surface area contributed by atoms with E-state index in [1.165, 1.54) is 13.0 Å². The second-order valence-electron chi connectivity index (χ2n) is 4.72. The van der Waals surface area contributed by atoms with Gasteiger partial charge in [0.1, 0.15) is 0 Å². The van der Waals surface area contributed by atoms with Gasteiger partial charge in [0.25, 0.3) is 5.91 Å². The highest BCUT2D eigenvalue weighted by molar-refractivity contribution is 5.94. The summed E-state index contributed by atoms with van der Waals surface area (Å²) in [4.78, 5) is 11.8. The molecule has 0 fully saturated rings. The summed E-state index contributed by atoms with van der Waals surface area (Å²) in [5.74, 6) is -11.2. The zero-order valence-electron chi connectivity index (χ0n) is 11.6. The first kappa shape index (κ1) is 16.9. The fraction of sp³-hybridized carbons (Fsp3) is 0.133. The highest BCUT2D eigenvalue weighted by Gasteiger charge is 2.24. The van der Waals surface area contributed by atoms with Crippen molar-refractivity contribution in [3.05, 3.63) is 70.3 Å². The molecule has 0 aliphatic rings. The molecule has 0 bridgehead atoms. The van der Waals surface area contributed by atoms with E-state index in [0.29, 0.717) is 0 Å². The molecule has 1 amide bonds. The van der Waals surface area contributed by atoms with Crippen molar-refractivity contribution in [3.8, 4) is 0 Å². The van der Waals surface area contributed by atoms with Crippen molar-refractivity contribution in [1.82, 2.24) is 5.32 Å². The van der Waals surface area contributed by atoms with E-state index in [-0.39, 0.29) is 11.6 Å². The van der Waals surface area contributed by atoms with Gasteiger partial charge >= 0.3 is 0 Å². The molecule has 23 heavy (non-hydrogen) atoms. The Balaban J connectivity index is 2.27. The SMILES string of the molecule is CC(NC(=O)c1cc(F)c(F)c(F)c1F)c1ccc(F)c(F)c1. The Morgan fingerprint density at radius 1 is 0.870 bits per heavy atom. The zero-order valence-corrected chi connectivity index (χ0v) is 11.6. The van der Waals surface area contributed by atoms with Crippen LogP contribution >= 0.6 is 0 Å². The molecule has 8 heteroatoms. The molecule has 1 unspecified atom stereocenters. The highest BCUT2D eigenvalue weighted by Crippen LogP contribution is 2.21. The van der Waals surface area contributed by atoms with Crippen molar-refractivity contribution >= 4 is 5.91 Å². The Morgan fingerprint density at radius 3 is 2.13 bits per heavy atom. The van der Waals surface area contributed by atoms with Gasteiger partial charge < -0.3 is 5.32 Å². The Hall–Kier alpha value is -2.51. The average Bonchev–Trinajstić information content (AvgIpc) is 2.51. The number of carbonyl (C=O) groups is 1. The van der Waals surface area contributed by atoms with Crippen LogP contribution in [0.2, 0.25) is 0 Å². The molecule has 0 aromatic heterocycles. The maximum atomic E-state index is 13.5. The minimum Gasteiger partial charge on any atom is -0.345 e. The maximum absolute atomic E-state index is 13.5. The number of amides is 1. The highest BCUT2D eigenvalue weighted by atomic mass is 19.2. The molecule has 0 saturated carbocycles. The van der Waals surface area contributed by atoms with Gasteiger partial charge in [-0.3, -0.25) is 4.79 Å². The summed E-state index contributed by atoms with van der Waals surface area (Å²) in [5, 5.41) is 2.15. The summed E-state index contributed by atoms with van der Waals surface area (Å²) in [6.07, 6.45) is 0. The molecule has 2 aromatic carbocycles. The second kappa shape index (κ2) is 6.31. The molecule has 0 saturated heterocycles. The third-order valence-electron chi connectivity index (χ3n) is 3.14. The van der Waals surface area contributed by atoms with Crippen LogP contribution in [0.4, 0.5) is 26.3 Å². The number of halogens is 6. The monoisotopic (exact) mass is 333 g/mol. The summed E-state index contributed by atoms with van der Waals surface area (Å²) >= 11 is 0. The normalized spacial score (nSPS) is 12.1. The van der Waals surface area contributed by atoms with Crippen molar-refractivity contribution in [2.45, 2.75) is 13.0 Å². The van der Waals surface area contributed by atoms with Gasteiger partial charge in [-0.1, -0.05) is 6.07 Å². The van der Waals surface area contributed by atoms with Crippen LogP contribution in [0.3, 0.4) is 0 Å². The number of rotatable bonds is 3. The van der Waals surface area contributed by atoms with E-state index in [1.807, 2.05) is 0 Å². The molecule has 0 aliphatic carbocycles. The second-order valence-corrected chi connectivity index (χ2v) is 4.72. The summed E-state index contributed by atoms with van der Waals surface area (Å²) < 4.78 is 78.5. The van der Waals surface area contributed by atoms with Crippen LogP contribution < -0.4 is 5.32 Å². The van der Waals surface area contributed by atoms with Crippen LogP contribution in [-0.2, 0) is 0 Å². The molecule has 2 nitrogen and oxygen atoms in total. The third-order valence-corrected chi connectivity index (χ3v) is 3.14. The predicted molar refractivity (Wildman–Crippen MR) is 68.5 cm³/mol. The topological polar surface area (TPSA) is 29.1 Å². The largest absolute Gasteiger partial charge is 0.345 e. The molecule has 2 rings (SSSR count). The fourth-order valence-electron chi connectivity index (χ4n) is 1.88. The molecule has 122 valence electrons. The lowest BCUT2D eigenvalue weighted by molar-refractivity contribution is 0.0933. The van der Waals surface area contributed by atoms with E-state index in [1.54, 1.807) is 0 Å². The van der Waals surface area contributed by atoms with Gasteiger partial charge in [-0.2, -0.15) is 0 Å². The van der Waals surface area contributed by atoms with E-state index >= 15 is 0 Å². The average molecular weight is 333 g/mol. The van der Waals surface area contributed by atoms with Crippen molar-refractivity contribution in [2.24, 2.45) is 0 Å². The molecule has 1 N–H and O–H groups in total. The van der Waals surface area contributed by atoms with E-state index in [9.17, 15) is 31.1 Å². The van der Waals surface area contributed by atoms with Crippen LogP contribution in [0.1, 0.15) is 28.9 Å². The number of carbonyl (C=O) groups excluding carboxylic acids is 1. The lowest BCUT2D eigenvalue weighted by atomic mass is 10.1. The van der Waals surface area contributed by atoms with Crippen LogP contribution in [0.5, 0.6) is 0 Å². The Bertz CT molecular complexity index is 777. The molecule has 2 aromatic rings. The maximum Gasteiger partial charge on any atom is 0.254 e. The Kier molecular flexibility index (Phi) is 4.63. The first-order valence-electron chi connectivity index (χ1n) is 6.31. The lowest BCUT2D eigenvalue weighted by Gasteiger charge is -2.15. The number of hydrogen-bond donors (Lipinski definition) is 1. The summed E-state index contributed by atoms with van der Waals surface area (Å²) in [7, 11) is 0. The first-order chi connectivity index (χ1) is 10.7. The van der Waals surface area contributed by atoms with E-state index in [0.717, 1.165) is 12.1 Å². The minimum absolute atomic E-state index is 0.140. The zero-order chi connectivity index (χ0) is 17.3.